The molecule has 0 N–H and O–H groups in total. The average Bonchev–Trinajstić information content (AvgIpc) is 3.28. The minimum Gasteiger partial charge on any atom is -0.497 e. The van der Waals surface area contributed by atoms with Crippen molar-refractivity contribution in [1.82, 2.24) is 9.78 Å². The maximum absolute atomic E-state index is 13.8. The molecule has 1 aliphatic rings. The molecule has 4 rings (SSSR count). The summed E-state index contributed by atoms with van der Waals surface area (Å²) in [5.41, 5.74) is -2.11. The highest BCUT2D eigenvalue weighted by molar-refractivity contribution is 5.80. The number of para-hydroxylation sites is 1. The molecule has 8 nitrogen and oxygen atoms in total. The average molecular weight is 503 g/mol. The molecule has 0 unspecified atom stereocenters. The summed E-state index contributed by atoms with van der Waals surface area (Å²) in [7, 11) is 2.69. The maximum atomic E-state index is 13.8. The van der Waals surface area contributed by atoms with Crippen LogP contribution in [0.25, 0.3) is 0 Å². The Morgan fingerprint density at radius 3 is 2.36 bits per heavy atom. The number of esters is 1. The number of halogens is 3. The fraction of sp³-hybridized carbons (Fsp3) is 0.320. The van der Waals surface area contributed by atoms with E-state index in [1.165, 1.54) is 19.1 Å². The lowest BCUT2D eigenvalue weighted by Crippen LogP contribution is -2.40. The van der Waals surface area contributed by atoms with E-state index in [0.29, 0.717) is 23.1 Å². The molecule has 36 heavy (non-hydrogen) atoms. The van der Waals surface area contributed by atoms with E-state index in [1.54, 1.807) is 48.5 Å². The molecule has 0 saturated carbocycles. The Balaban J connectivity index is 1.72. The van der Waals surface area contributed by atoms with Gasteiger partial charge in [0.05, 0.1) is 27.3 Å². The van der Waals surface area contributed by atoms with Gasteiger partial charge in [0.2, 0.25) is 0 Å². The summed E-state index contributed by atoms with van der Waals surface area (Å²) in [5.74, 6) is 0.301. The van der Waals surface area contributed by atoms with Crippen molar-refractivity contribution in [2.24, 2.45) is 0 Å². The van der Waals surface area contributed by atoms with Gasteiger partial charge in [-0.1, -0.05) is 30.3 Å². The van der Waals surface area contributed by atoms with Crippen molar-refractivity contribution in [3.8, 4) is 11.5 Å². The number of aromatic nitrogens is 2. The van der Waals surface area contributed by atoms with Crippen LogP contribution in [0, 0.1) is 0 Å². The van der Waals surface area contributed by atoms with Crippen molar-refractivity contribution >= 4 is 11.8 Å². The molecule has 0 bridgehead atoms. The largest absolute Gasteiger partial charge is 0.497 e. The Bertz CT molecular complexity index is 1260. The third kappa shape index (κ3) is 5.45. The molecule has 1 fully saturated rings. The molecule has 0 amide bonds. The van der Waals surface area contributed by atoms with Crippen molar-refractivity contribution in [2.45, 2.75) is 31.3 Å². The minimum absolute atomic E-state index is 0.0691. The number of nitrogens with zero attached hydrogens (tertiary/aromatic N) is 3. The van der Waals surface area contributed by atoms with E-state index in [9.17, 15) is 22.8 Å². The van der Waals surface area contributed by atoms with Crippen molar-refractivity contribution < 1.29 is 32.2 Å². The zero-order chi connectivity index (χ0) is 25.9. The SMILES string of the molecule is COC(=O)[C@@H]1C[C@H](Oc2ccccc2)CN1c1cc(C(F)(F)F)c(=O)n(Cc2ccc(OC)cc2)n1. The summed E-state index contributed by atoms with van der Waals surface area (Å²) in [4.78, 5) is 26.6. The van der Waals surface area contributed by atoms with Crippen LogP contribution in [0.3, 0.4) is 0 Å². The molecule has 2 atom stereocenters. The smallest absolute Gasteiger partial charge is 0.421 e. The van der Waals surface area contributed by atoms with Gasteiger partial charge in [0.15, 0.2) is 5.82 Å². The van der Waals surface area contributed by atoms with E-state index in [1.807, 2.05) is 6.07 Å². The molecular formula is C25H24F3N3O5. The van der Waals surface area contributed by atoms with Crippen molar-refractivity contribution in [1.29, 1.82) is 0 Å². The second-order valence-electron chi connectivity index (χ2n) is 8.20. The molecule has 1 aliphatic heterocycles. The van der Waals surface area contributed by atoms with Crippen LogP contribution in [-0.4, -0.2) is 48.7 Å². The molecule has 1 saturated heterocycles. The van der Waals surface area contributed by atoms with Crippen molar-refractivity contribution in [3.05, 3.63) is 82.1 Å². The maximum Gasteiger partial charge on any atom is 0.421 e. The van der Waals surface area contributed by atoms with Gasteiger partial charge in [0, 0.05) is 12.5 Å². The second-order valence-corrected chi connectivity index (χ2v) is 8.20. The van der Waals surface area contributed by atoms with Crippen LogP contribution in [-0.2, 0) is 22.3 Å². The standard InChI is InChI=1S/C25H24F3N3O5/c1-34-17-10-8-16(9-11-17)14-31-23(32)20(25(26,27)28)13-22(29-31)30-15-19(12-21(30)24(33)35-2)36-18-6-4-3-5-7-18/h3-11,13,19,21H,12,14-15H2,1-2H3/t19-,21-/m0/s1. The van der Waals surface area contributed by atoms with E-state index in [0.717, 1.165) is 4.68 Å². The molecule has 2 heterocycles. The van der Waals surface area contributed by atoms with E-state index in [-0.39, 0.29) is 25.3 Å². The van der Waals surface area contributed by atoms with Gasteiger partial charge >= 0.3 is 12.1 Å². The lowest BCUT2D eigenvalue weighted by molar-refractivity contribution is -0.142. The Kier molecular flexibility index (Phi) is 7.18. The molecule has 3 aromatic rings. The molecule has 190 valence electrons. The normalized spacial score (nSPS) is 17.6. The van der Waals surface area contributed by atoms with Crippen LogP contribution in [0.4, 0.5) is 19.0 Å². The predicted octanol–water partition coefficient (Wildman–Crippen LogP) is 3.52. The zero-order valence-corrected chi connectivity index (χ0v) is 19.6. The Hall–Kier alpha value is -4.02. The van der Waals surface area contributed by atoms with Gasteiger partial charge in [-0.25, -0.2) is 9.48 Å². The number of alkyl halides is 3. The highest BCUT2D eigenvalue weighted by Gasteiger charge is 2.42. The molecule has 0 spiro atoms. The minimum atomic E-state index is -4.92. The van der Waals surface area contributed by atoms with Gasteiger partial charge in [0.1, 0.15) is 29.2 Å². The zero-order valence-electron chi connectivity index (χ0n) is 19.6. The number of carbonyl (C=O) groups is 1. The highest BCUT2D eigenvalue weighted by Crippen LogP contribution is 2.32. The van der Waals surface area contributed by atoms with Crippen LogP contribution < -0.4 is 19.9 Å². The number of rotatable bonds is 7. The van der Waals surface area contributed by atoms with Crippen LogP contribution in [0.5, 0.6) is 11.5 Å². The highest BCUT2D eigenvalue weighted by atomic mass is 19.4. The van der Waals surface area contributed by atoms with Gasteiger partial charge in [-0.05, 0) is 29.8 Å². The Labute approximate surface area is 204 Å². The Morgan fingerprint density at radius 1 is 1.06 bits per heavy atom. The van der Waals surface area contributed by atoms with E-state index < -0.39 is 35.4 Å². The summed E-state index contributed by atoms with van der Waals surface area (Å²) in [6, 6.07) is 15.1. The first-order valence-electron chi connectivity index (χ1n) is 11.1. The summed E-state index contributed by atoms with van der Waals surface area (Å²) < 4.78 is 58.2. The molecule has 1 aromatic heterocycles. The lowest BCUT2D eigenvalue weighted by atomic mass is 10.2. The number of hydrogen-bond donors (Lipinski definition) is 0. The third-order valence-corrected chi connectivity index (χ3v) is 5.83. The molecule has 0 aliphatic carbocycles. The summed E-state index contributed by atoms with van der Waals surface area (Å²) >= 11 is 0. The summed E-state index contributed by atoms with van der Waals surface area (Å²) in [6.07, 6.45) is -5.27. The van der Waals surface area contributed by atoms with Crippen molar-refractivity contribution in [3.63, 3.8) is 0 Å². The van der Waals surface area contributed by atoms with E-state index in [4.69, 9.17) is 14.2 Å². The van der Waals surface area contributed by atoms with E-state index in [2.05, 4.69) is 5.10 Å². The number of hydrogen-bond acceptors (Lipinski definition) is 7. The number of benzene rings is 2. The fourth-order valence-electron chi connectivity index (χ4n) is 4.07. The van der Waals surface area contributed by atoms with Gasteiger partial charge in [-0.2, -0.15) is 18.3 Å². The Morgan fingerprint density at radius 2 is 1.75 bits per heavy atom. The van der Waals surface area contributed by atoms with Crippen LogP contribution >= 0.6 is 0 Å². The quantitative estimate of drug-likeness (QED) is 0.457. The number of ether oxygens (including phenoxy) is 3. The number of anilines is 1. The van der Waals surface area contributed by atoms with Crippen molar-refractivity contribution in [2.75, 3.05) is 25.7 Å². The summed E-state index contributed by atoms with van der Waals surface area (Å²) in [5, 5.41) is 4.21. The van der Waals surface area contributed by atoms with Gasteiger partial charge in [0.25, 0.3) is 5.56 Å². The molecule has 11 heteroatoms. The monoisotopic (exact) mass is 503 g/mol. The summed E-state index contributed by atoms with van der Waals surface area (Å²) in [6.45, 7) is -0.139. The molecular weight excluding hydrogens is 479 g/mol. The fourth-order valence-corrected chi connectivity index (χ4v) is 4.07. The molecule has 2 aromatic carbocycles. The van der Waals surface area contributed by atoms with Crippen LogP contribution in [0.1, 0.15) is 17.5 Å². The number of carbonyl (C=O) groups excluding carboxylic acids is 1. The second kappa shape index (κ2) is 10.3. The van der Waals surface area contributed by atoms with Gasteiger partial charge in [-0.15, -0.1) is 0 Å². The topological polar surface area (TPSA) is 82.9 Å². The van der Waals surface area contributed by atoms with Gasteiger partial charge < -0.3 is 19.1 Å². The molecule has 0 radical (unpaired) electrons. The lowest BCUT2D eigenvalue weighted by Gasteiger charge is -2.24. The first-order valence-corrected chi connectivity index (χ1v) is 11.1. The number of methoxy groups -OCH3 is 2. The third-order valence-electron chi connectivity index (χ3n) is 5.83. The van der Waals surface area contributed by atoms with Crippen LogP contribution in [0.2, 0.25) is 0 Å². The van der Waals surface area contributed by atoms with E-state index >= 15 is 0 Å². The first kappa shape index (κ1) is 25.1. The van der Waals surface area contributed by atoms with Crippen LogP contribution in [0.15, 0.2) is 65.5 Å². The predicted molar refractivity (Wildman–Crippen MR) is 124 cm³/mol. The van der Waals surface area contributed by atoms with Gasteiger partial charge in [-0.3, -0.25) is 4.79 Å². The first-order chi connectivity index (χ1) is 17.2.